The first-order valence-electron chi connectivity index (χ1n) is 16.8. The van der Waals surface area contributed by atoms with E-state index in [9.17, 15) is 22.8 Å². The van der Waals surface area contributed by atoms with Gasteiger partial charge in [-0.05, 0) is 88.1 Å². The average molecular weight is 674 g/mol. The fourth-order valence-electron chi connectivity index (χ4n) is 6.72. The van der Waals surface area contributed by atoms with Crippen LogP contribution < -0.4 is 20.8 Å². The van der Waals surface area contributed by atoms with Gasteiger partial charge in [0, 0.05) is 22.6 Å². The van der Waals surface area contributed by atoms with Crippen molar-refractivity contribution in [2.45, 2.75) is 117 Å². The highest BCUT2D eigenvalue weighted by molar-refractivity contribution is 5.84. The van der Waals surface area contributed by atoms with Crippen molar-refractivity contribution in [3.63, 3.8) is 0 Å². The molecular formula is C38H50F3NO6. The number of ether oxygens (including phenoxy) is 3. The van der Waals surface area contributed by atoms with E-state index in [1.165, 1.54) is 6.07 Å². The Kier molecular flexibility index (Phi) is 11.0. The van der Waals surface area contributed by atoms with Crippen LogP contribution in [0.25, 0.3) is 22.1 Å². The van der Waals surface area contributed by atoms with Crippen molar-refractivity contribution in [2.75, 3.05) is 7.11 Å². The quantitative estimate of drug-likeness (QED) is 0.116. The molecule has 1 fully saturated rings. The number of halogens is 3. The first kappa shape index (κ1) is 37.3. The van der Waals surface area contributed by atoms with Crippen molar-refractivity contribution in [1.82, 2.24) is 0 Å². The second-order valence-electron chi connectivity index (χ2n) is 15.2. The van der Waals surface area contributed by atoms with Crippen molar-refractivity contribution in [2.24, 2.45) is 22.5 Å². The van der Waals surface area contributed by atoms with E-state index in [2.05, 4.69) is 6.92 Å². The van der Waals surface area contributed by atoms with Gasteiger partial charge >= 0.3 is 17.8 Å². The molecule has 1 aromatic heterocycles. The van der Waals surface area contributed by atoms with Crippen LogP contribution in [0.15, 0.2) is 51.7 Å². The Morgan fingerprint density at radius 2 is 1.62 bits per heavy atom. The highest BCUT2D eigenvalue weighted by Crippen LogP contribution is 2.46. The summed E-state index contributed by atoms with van der Waals surface area (Å²) in [5.41, 5.74) is 5.37. The number of methoxy groups -OCH3 is 1. The van der Waals surface area contributed by atoms with Crippen molar-refractivity contribution in [1.29, 1.82) is 0 Å². The number of hydrogen-bond acceptors (Lipinski definition) is 7. The summed E-state index contributed by atoms with van der Waals surface area (Å²) in [6.07, 6.45) is -2.93. The minimum Gasteiger partial charge on any atom is -0.496 e. The van der Waals surface area contributed by atoms with E-state index in [1.807, 2.05) is 39.0 Å². The lowest BCUT2D eigenvalue weighted by atomic mass is 9.65. The lowest BCUT2D eigenvalue weighted by molar-refractivity contribution is -0.220. The first-order chi connectivity index (χ1) is 22.3. The summed E-state index contributed by atoms with van der Waals surface area (Å²) in [5, 5.41) is 0.569. The molecular weight excluding hydrogens is 623 g/mol. The van der Waals surface area contributed by atoms with Crippen molar-refractivity contribution < 1.29 is 36.6 Å². The Morgan fingerprint density at radius 1 is 0.938 bits per heavy atom. The summed E-state index contributed by atoms with van der Waals surface area (Å²) in [7, 11) is 1.55. The predicted octanol–water partition coefficient (Wildman–Crippen LogP) is 9.01. The van der Waals surface area contributed by atoms with Gasteiger partial charge in [-0.1, -0.05) is 52.7 Å². The number of aryl methyl sites for hydroxylation is 1. The number of carbonyl (C=O) groups is 1. The molecule has 2 N–H and O–H groups in total. The molecule has 0 amide bonds. The zero-order chi connectivity index (χ0) is 35.7. The van der Waals surface area contributed by atoms with Crippen LogP contribution in [0.3, 0.4) is 0 Å². The van der Waals surface area contributed by atoms with Gasteiger partial charge in [0.1, 0.15) is 35.2 Å². The molecule has 4 atom stereocenters. The smallest absolute Gasteiger partial charge is 0.398 e. The summed E-state index contributed by atoms with van der Waals surface area (Å²) in [6, 6.07) is 12.0. The van der Waals surface area contributed by atoms with Crippen molar-refractivity contribution in [3.05, 3.63) is 58.4 Å². The van der Waals surface area contributed by atoms with Crippen LogP contribution >= 0.6 is 0 Å². The monoisotopic (exact) mass is 673 g/mol. The molecule has 48 heavy (non-hydrogen) atoms. The van der Waals surface area contributed by atoms with Crippen LogP contribution in [0.1, 0.15) is 92.6 Å². The van der Waals surface area contributed by atoms with E-state index >= 15 is 0 Å². The molecule has 1 saturated carbocycles. The number of hydrogen-bond donors (Lipinski definition) is 1. The summed E-state index contributed by atoms with van der Waals surface area (Å²) in [5.74, 6) is -2.14. The Balaban J connectivity index is 1.57. The number of unbranched alkanes of at least 4 members (excludes halogenated alkanes) is 2. The van der Waals surface area contributed by atoms with Crippen LogP contribution in [0.5, 0.6) is 11.5 Å². The van der Waals surface area contributed by atoms with E-state index in [0.29, 0.717) is 28.7 Å². The van der Waals surface area contributed by atoms with E-state index in [4.69, 9.17) is 24.4 Å². The number of nitrogens with two attached hydrogens (primary N) is 1. The molecule has 0 radical (unpaired) electrons. The number of alkyl halides is 3. The minimum absolute atomic E-state index is 0.0132. The Morgan fingerprint density at radius 3 is 2.23 bits per heavy atom. The molecule has 2 aromatic carbocycles. The molecule has 1 aliphatic rings. The minimum atomic E-state index is -4.70. The summed E-state index contributed by atoms with van der Waals surface area (Å²) in [4.78, 5) is 26.7. The molecule has 264 valence electrons. The van der Waals surface area contributed by atoms with Crippen LogP contribution in [0.2, 0.25) is 0 Å². The van der Waals surface area contributed by atoms with Crippen LogP contribution in [0, 0.1) is 16.7 Å². The summed E-state index contributed by atoms with van der Waals surface area (Å²) >= 11 is 0. The first-order valence-corrected chi connectivity index (χ1v) is 16.8. The van der Waals surface area contributed by atoms with E-state index < -0.39 is 46.9 Å². The van der Waals surface area contributed by atoms with Crippen molar-refractivity contribution in [3.8, 4) is 22.6 Å². The van der Waals surface area contributed by atoms with E-state index in [-0.39, 0.29) is 29.6 Å². The molecule has 4 rings (SSSR count). The lowest BCUT2D eigenvalue weighted by Crippen LogP contribution is -2.56. The Labute approximate surface area is 281 Å². The maximum Gasteiger partial charge on any atom is 0.398 e. The van der Waals surface area contributed by atoms with Gasteiger partial charge in [-0.2, -0.15) is 13.2 Å². The second kappa shape index (κ2) is 14.1. The standard InChI is InChI=1S/C38H50F3NO6/c1-9-10-11-12-23-13-16-26(31(19-23)45-8)27-20-24-14-15-25(21-30(24)47-33(27)43)46-28-17-18-29(32(28)38(39,40)41)48-34(44)37(7,36(5,6)42)22-35(2,3)4/h13-16,19-21,28-29,32H,9-12,17-18,22,42H2,1-8H3. The molecule has 1 heterocycles. The summed E-state index contributed by atoms with van der Waals surface area (Å²) in [6.45, 7) is 13.0. The van der Waals surface area contributed by atoms with Crippen LogP contribution in [0.4, 0.5) is 13.2 Å². The van der Waals surface area contributed by atoms with Gasteiger partial charge in [-0.15, -0.1) is 0 Å². The van der Waals surface area contributed by atoms with Crippen LogP contribution in [-0.2, 0) is 16.0 Å². The molecule has 4 unspecified atom stereocenters. The highest BCUT2D eigenvalue weighted by Gasteiger charge is 2.57. The number of fused-ring (bicyclic) bond motifs is 1. The van der Waals surface area contributed by atoms with Gasteiger partial charge < -0.3 is 24.4 Å². The Hall–Kier alpha value is -3.53. The molecule has 0 bridgehead atoms. The SMILES string of the molecule is CCCCCc1ccc(-c2cc3ccc(OC4CCC(OC(=O)C(C)(CC(C)(C)C)C(C)(C)N)C4C(F)(F)F)cc3oc2=O)c(OC)c1. The molecule has 7 nitrogen and oxygen atoms in total. The largest absolute Gasteiger partial charge is 0.496 e. The van der Waals surface area contributed by atoms with Gasteiger partial charge in [-0.3, -0.25) is 4.79 Å². The molecule has 1 aliphatic carbocycles. The van der Waals surface area contributed by atoms with Gasteiger partial charge in [0.2, 0.25) is 0 Å². The zero-order valence-electron chi connectivity index (χ0n) is 29.4. The van der Waals surface area contributed by atoms with Gasteiger partial charge in [0.05, 0.1) is 18.1 Å². The number of benzene rings is 2. The average Bonchev–Trinajstić information content (AvgIpc) is 3.37. The molecule has 0 aliphatic heterocycles. The normalized spacial score (nSPS) is 20.0. The number of rotatable bonds is 12. The maximum absolute atomic E-state index is 14.5. The van der Waals surface area contributed by atoms with Crippen molar-refractivity contribution >= 4 is 16.9 Å². The molecule has 0 spiro atoms. The van der Waals surface area contributed by atoms with Gasteiger partial charge in [0.25, 0.3) is 0 Å². The summed E-state index contributed by atoms with van der Waals surface area (Å²) < 4.78 is 66.4. The highest BCUT2D eigenvalue weighted by atomic mass is 19.4. The fraction of sp³-hybridized carbons (Fsp3) is 0.579. The molecule has 0 saturated heterocycles. The molecule has 10 heteroatoms. The third kappa shape index (κ3) is 8.36. The lowest BCUT2D eigenvalue weighted by Gasteiger charge is -2.44. The fourth-order valence-corrected chi connectivity index (χ4v) is 6.72. The third-order valence-electron chi connectivity index (χ3n) is 9.55. The third-order valence-corrected chi connectivity index (χ3v) is 9.55. The number of esters is 1. The molecule has 3 aromatic rings. The zero-order valence-corrected chi connectivity index (χ0v) is 29.4. The Bertz CT molecular complexity index is 1650. The predicted molar refractivity (Wildman–Crippen MR) is 181 cm³/mol. The van der Waals surface area contributed by atoms with Crippen LogP contribution in [-0.4, -0.2) is 37.0 Å². The van der Waals surface area contributed by atoms with Gasteiger partial charge in [0.15, 0.2) is 0 Å². The van der Waals surface area contributed by atoms with Gasteiger partial charge in [-0.25, -0.2) is 4.79 Å². The number of carbonyl (C=O) groups excluding carboxylic acids is 1. The topological polar surface area (TPSA) is 101 Å². The second-order valence-corrected chi connectivity index (χ2v) is 15.2. The van der Waals surface area contributed by atoms with E-state index in [1.54, 1.807) is 46.1 Å². The van der Waals surface area contributed by atoms with E-state index in [0.717, 1.165) is 31.2 Å². The maximum atomic E-state index is 14.5.